The number of sulfonamides is 1. The van der Waals surface area contributed by atoms with E-state index in [2.05, 4.69) is 20.6 Å². The molecule has 9 nitrogen and oxygen atoms in total. The van der Waals surface area contributed by atoms with E-state index in [0.717, 1.165) is 17.1 Å². The molecule has 28 heavy (non-hydrogen) atoms. The van der Waals surface area contributed by atoms with Gasteiger partial charge in [-0.3, -0.25) is 0 Å². The Morgan fingerprint density at radius 3 is 2.68 bits per heavy atom. The van der Waals surface area contributed by atoms with Crippen molar-refractivity contribution in [3.8, 4) is 11.5 Å². The van der Waals surface area contributed by atoms with Gasteiger partial charge in [-0.15, -0.1) is 0 Å². The number of aromatic nitrogens is 2. The molecule has 3 aromatic rings. The number of nitrogens with one attached hydrogen (secondary N) is 2. The minimum Gasteiger partial charge on any atom is -0.454 e. The Hall–Kier alpha value is -3.37. The van der Waals surface area contributed by atoms with Gasteiger partial charge in [-0.2, -0.15) is 4.98 Å². The lowest BCUT2D eigenvalue weighted by Crippen LogP contribution is -2.11. The molecule has 0 spiro atoms. The molecule has 2 aromatic carbocycles. The summed E-state index contributed by atoms with van der Waals surface area (Å²) in [5.74, 6) is 2.45. The van der Waals surface area contributed by atoms with Crippen LogP contribution in [0.3, 0.4) is 0 Å². The van der Waals surface area contributed by atoms with Crippen LogP contribution in [0.15, 0.2) is 59.6 Å². The van der Waals surface area contributed by atoms with Crippen LogP contribution in [0.1, 0.15) is 5.56 Å². The summed E-state index contributed by atoms with van der Waals surface area (Å²) in [7, 11) is -3.73. The van der Waals surface area contributed by atoms with E-state index in [-0.39, 0.29) is 11.7 Å². The second kappa shape index (κ2) is 7.33. The molecular formula is C18H17N5O4S. The maximum Gasteiger partial charge on any atom is 0.238 e. The van der Waals surface area contributed by atoms with Crippen LogP contribution in [-0.2, 0) is 16.6 Å². The van der Waals surface area contributed by atoms with Crippen molar-refractivity contribution in [3.63, 3.8) is 0 Å². The number of hydrogen-bond donors (Lipinski definition) is 3. The SMILES string of the molecule is NS(=O)(=O)c1ccc(Nc2nccc(NCc3cccc4c3OCO4)n2)cc1. The normalized spacial score (nSPS) is 12.6. The molecule has 4 rings (SSSR count). The summed E-state index contributed by atoms with van der Waals surface area (Å²) < 4.78 is 33.5. The van der Waals surface area contributed by atoms with E-state index in [4.69, 9.17) is 14.6 Å². The third-order valence-corrected chi connectivity index (χ3v) is 4.96. The molecule has 0 fully saturated rings. The molecule has 0 amide bonds. The molecule has 144 valence electrons. The van der Waals surface area contributed by atoms with Gasteiger partial charge in [0.05, 0.1) is 4.90 Å². The van der Waals surface area contributed by atoms with Crippen LogP contribution >= 0.6 is 0 Å². The van der Waals surface area contributed by atoms with E-state index in [0.29, 0.717) is 24.0 Å². The monoisotopic (exact) mass is 399 g/mol. The summed E-state index contributed by atoms with van der Waals surface area (Å²) in [4.78, 5) is 8.61. The third-order valence-electron chi connectivity index (χ3n) is 4.03. The number of anilines is 3. The second-order valence-corrected chi connectivity index (χ2v) is 7.53. The van der Waals surface area contributed by atoms with Crippen molar-refractivity contribution in [2.45, 2.75) is 11.4 Å². The lowest BCUT2D eigenvalue weighted by molar-refractivity contribution is 0.173. The highest BCUT2D eigenvalue weighted by atomic mass is 32.2. The highest BCUT2D eigenvalue weighted by Crippen LogP contribution is 2.35. The zero-order valence-electron chi connectivity index (χ0n) is 14.6. The second-order valence-electron chi connectivity index (χ2n) is 5.96. The van der Waals surface area contributed by atoms with Gasteiger partial charge in [0, 0.05) is 24.0 Å². The van der Waals surface area contributed by atoms with Crippen LogP contribution in [0.25, 0.3) is 0 Å². The van der Waals surface area contributed by atoms with Crippen LogP contribution < -0.4 is 25.2 Å². The molecule has 0 aliphatic carbocycles. The Morgan fingerprint density at radius 2 is 1.89 bits per heavy atom. The van der Waals surface area contributed by atoms with Crippen molar-refractivity contribution in [1.82, 2.24) is 9.97 Å². The summed E-state index contributed by atoms with van der Waals surface area (Å²) >= 11 is 0. The maximum atomic E-state index is 11.3. The average Bonchev–Trinajstić information content (AvgIpc) is 3.16. The van der Waals surface area contributed by atoms with E-state index in [9.17, 15) is 8.42 Å². The quantitative estimate of drug-likeness (QED) is 0.575. The first-order valence-corrected chi connectivity index (χ1v) is 9.88. The molecule has 1 aliphatic heterocycles. The fourth-order valence-electron chi connectivity index (χ4n) is 2.69. The molecule has 0 atom stereocenters. The van der Waals surface area contributed by atoms with Gasteiger partial charge >= 0.3 is 0 Å². The highest BCUT2D eigenvalue weighted by Gasteiger charge is 2.17. The minimum atomic E-state index is -3.73. The first kappa shape index (κ1) is 18.0. The summed E-state index contributed by atoms with van der Waals surface area (Å²) in [6.45, 7) is 0.726. The summed E-state index contributed by atoms with van der Waals surface area (Å²) in [5, 5.41) is 11.3. The Labute approximate surface area is 161 Å². The molecule has 0 saturated heterocycles. The highest BCUT2D eigenvalue weighted by molar-refractivity contribution is 7.89. The first-order valence-electron chi connectivity index (χ1n) is 8.33. The summed E-state index contributed by atoms with van der Waals surface area (Å²) in [5.41, 5.74) is 1.60. The van der Waals surface area contributed by atoms with Gasteiger partial charge in [0.1, 0.15) is 5.82 Å². The van der Waals surface area contributed by atoms with Gasteiger partial charge in [0.2, 0.25) is 22.8 Å². The van der Waals surface area contributed by atoms with E-state index < -0.39 is 10.0 Å². The molecule has 0 bridgehead atoms. The van der Waals surface area contributed by atoms with Crippen LogP contribution in [0.4, 0.5) is 17.5 Å². The number of para-hydroxylation sites is 1. The van der Waals surface area contributed by atoms with E-state index >= 15 is 0 Å². The van der Waals surface area contributed by atoms with Crippen molar-refractivity contribution in [2.75, 3.05) is 17.4 Å². The fourth-order valence-corrected chi connectivity index (χ4v) is 3.21. The number of nitrogens with zero attached hydrogens (tertiary/aromatic N) is 2. The van der Waals surface area contributed by atoms with E-state index in [1.54, 1.807) is 24.4 Å². The standard InChI is InChI=1S/C18H17N5O4S/c19-28(24,25)14-6-4-13(5-7-14)22-18-20-9-8-16(23-18)21-10-12-2-1-3-15-17(12)27-11-26-15/h1-9H,10-11H2,(H2,19,24,25)(H2,20,21,22,23). The van der Waals surface area contributed by atoms with Crippen LogP contribution in [0, 0.1) is 0 Å². The Kier molecular flexibility index (Phi) is 4.72. The number of benzene rings is 2. The number of ether oxygens (including phenoxy) is 2. The third kappa shape index (κ3) is 3.97. The number of rotatable bonds is 6. The largest absolute Gasteiger partial charge is 0.454 e. The first-order chi connectivity index (χ1) is 13.5. The van der Waals surface area contributed by atoms with Gasteiger partial charge < -0.3 is 20.1 Å². The van der Waals surface area contributed by atoms with E-state index in [1.165, 1.54) is 12.1 Å². The molecule has 2 heterocycles. The van der Waals surface area contributed by atoms with Crippen molar-refractivity contribution < 1.29 is 17.9 Å². The Bertz CT molecular complexity index is 1100. The zero-order chi connectivity index (χ0) is 19.6. The fraction of sp³-hybridized carbons (Fsp3) is 0.111. The predicted octanol–water partition coefficient (Wildman–Crippen LogP) is 2.21. The van der Waals surface area contributed by atoms with Gasteiger partial charge in [-0.1, -0.05) is 12.1 Å². The lowest BCUT2D eigenvalue weighted by Gasteiger charge is -2.10. The Balaban J connectivity index is 1.44. The van der Waals surface area contributed by atoms with Crippen LogP contribution in [0.2, 0.25) is 0 Å². The van der Waals surface area contributed by atoms with Crippen molar-refractivity contribution in [3.05, 3.63) is 60.3 Å². The molecule has 0 saturated carbocycles. The molecule has 1 aromatic heterocycles. The Morgan fingerprint density at radius 1 is 1.07 bits per heavy atom. The topological polar surface area (TPSA) is 128 Å². The van der Waals surface area contributed by atoms with Gasteiger partial charge in [0.15, 0.2) is 11.5 Å². The molecule has 4 N–H and O–H groups in total. The summed E-state index contributed by atoms with van der Waals surface area (Å²) in [6.07, 6.45) is 1.62. The number of fused-ring (bicyclic) bond motifs is 1. The van der Waals surface area contributed by atoms with Crippen LogP contribution in [0.5, 0.6) is 11.5 Å². The molecule has 0 unspecified atom stereocenters. The average molecular weight is 399 g/mol. The number of hydrogen-bond acceptors (Lipinski definition) is 8. The van der Waals surface area contributed by atoms with Gasteiger partial charge in [-0.25, -0.2) is 18.5 Å². The molecule has 10 heteroatoms. The lowest BCUT2D eigenvalue weighted by atomic mass is 10.2. The molecule has 0 radical (unpaired) electrons. The van der Waals surface area contributed by atoms with Crippen molar-refractivity contribution in [2.24, 2.45) is 5.14 Å². The zero-order valence-corrected chi connectivity index (χ0v) is 15.4. The molecule has 1 aliphatic rings. The number of primary sulfonamides is 1. The maximum absolute atomic E-state index is 11.3. The summed E-state index contributed by atoms with van der Waals surface area (Å²) in [6, 6.07) is 13.5. The minimum absolute atomic E-state index is 0.0379. The van der Waals surface area contributed by atoms with Crippen molar-refractivity contribution >= 4 is 27.5 Å². The van der Waals surface area contributed by atoms with Gasteiger partial charge in [0.25, 0.3) is 0 Å². The predicted molar refractivity (Wildman–Crippen MR) is 103 cm³/mol. The number of nitrogens with two attached hydrogens (primary N) is 1. The van der Waals surface area contributed by atoms with Crippen molar-refractivity contribution in [1.29, 1.82) is 0 Å². The van der Waals surface area contributed by atoms with Crippen LogP contribution in [-0.4, -0.2) is 25.2 Å². The smallest absolute Gasteiger partial charge is 0.238 e. The molecular weight excluding hydrogens is 382 g/mol. The van der Waals surface area contributed by atoms with E-state index in [1.807, 2.05) is 18.2 Å². The van der Waals surface area contributed by atoms with Gasteiger partial charge in [-0.05, 0) is 36.4 Å².